The van der Waals surface area contributed by atoms with Gasteiger partial charge in [0, 0.05) is 15.9 Å². The molecule has 0 radical (unpaired) electrons. The van der Waals surface area contributed by atoms with E-state index in [0.29, 0.717) is 4.83 Å². The minimum Gasteiger partial charge on any atom is -0.178 e. The van der Waals surface area contributed by atoms with E-state index in [0.717, 1.165) is 17.5 Å². The van der Waals surface area contributed by atoms with Crippen LogP contribution in [0.15, 0.2) is 0 Å². The Labute approximate surface area is 66.7 Å². The summed E-state index contributed by atoms with van der Waals surface area (Å²) in [7, 11) is 0. The molecule has 0 aliphatic heterocycles. The molecule has 0 aliphatic carbocycles. The Hall–Kier alpha value is 1.31. The highest BCUT2D eigenvalue weighted by Gasteiger charge is 1.96. The maximum absolute atomic E-state index is 4.08. The van der Waals surface area contributed by atoms with Gasteiger partial charge in [-0.15, -0.1) is 0 Å². The average molecular weight is 248 g/mol. The summed E-state index contributed by atoms with van der Waals surface area (Å²) in [5, 5.41) is 1.06. The van der Waals surface area contributed by atoms with Crippen molar-refractivity contribution in [2.45, 2.75) is 11.2 Å². The van der Waals surface area contributed by atoms with E-state index in [2.05, 4.69) is 44.5 Å². The standard InChI is InChI=1S/C4H8Br2S/c5-2-1-4(6)3-7/h4,7H,1-3H2. The second-order valence-corrected chi connectivity index (χ2v) is 3.71. The highest BCUT2D eigenvalue weighted by atomic mass is 79.9. The van der Waals surface area contributed by atoms with Crippen LogP contribution in [0.5, 0.6) is 0 Å². The zero-order chi connectivity index (χ0) is 5.70. The van der Waals surface area contributed by atoms with Crippen LogP contribution in [0.1, 0.15) is 6.42 Å². The quantitative estimate of drug-likeness (QED) is 0.575. The zero-order valence-electron chi connectivity index (χ0n) is 3.90. The van der Waals surface area contributed by atoms with Crippen molar-refractivity contribution in [2.75, 3.05) is 11.1 Å². The summed E-state index contributed by atoms with van der Waals surface area (Å²) in [6.07, 6.45) is 1.16. The predicted octanol–water partition coefficient (Wildman–Crippen LogP) is 2.46. The largest absolute Gasteiger partial charge is 0.178 e. The van der Waals surface area contributed by atoms with Gasteiger partial charge < -0.3 is 0 Å². The topological polar surface area (TPSA) is 0 Å². The predicted molar refractivity (Wildman–Crippen MR) is 45.0 cm³/mol. The van der Waals surface area contributed by atoms with Gasteiger partial charge >= 0.3 is 0 Å². The van der Waals surface area contributed by atoms with Gasteiger partial charge in [-0.25, -0.2) is 0 Å². The van der Waals surface area contributed by atoms with Gasteiger partial charge in [-0.2, -0.15) is 12.6 Å². The number of hydrogen-bond acceptors (Lipinski definition) is 1. The van der Waals surface area contributed by atoms with E-state index in [4.69, 9.17) is 0 Å². The molecule has 7 heavy (non-hydrogen) atoms. The molecular formula is C4H8Br2S. The fraction of sp³-hybridized carbons (Fsp3) is 1.00. The Morgan fingerprint density at radius 2 is 2.14 bits per heavy atom. The normalized spacial score (nSPS) is 14.1. The fourth-order valence-electron chi connectivity index (χ4n) is 0.210. The van der Waals surface area contributed by atoms with Crippen molar-refractivity contribution in [3.63, 3.8) is 0 Å². The Kier molecular flexibility index (Phi) is 6.47. The Balaban J connectivity index is 2.83. The van der Waals surface area contributed by atoms with E-state index in [9.17, 15) is 0 Å². The van der Waals surface area contributed by atoms with Gasteiger partial charge in [0.2, 0.25) is 0 Å². The van der Waals surface area contributed by atoms with Gasteiger partial charge in [0.15, 0.2) is 0 Å². The van der Waals surface area contributed by atoms with Crippen LogP contribution >= 0.6 is 44.5 Å². The Bertz CT molecular complexity index is 40.7. The molecule has 0 rings (SSSR count). The van der Waals surface area contributed by atoms with Crippen molar-refractivity contribution in [3.8, 4) is 0 Å². The molecule has 0 nitrogen and oxygen atoms in total. The van der Waals surface area contributed by atoms with E-state index < -0.39 is 0 Å². The second kappa shape index (κ2) is 5.45. The number of halogens is 2. The second-order valence-electron chi connectivity index (χ2n) is 1.26. The summed E-state index contributed by atoms with van der Waals surface area (Å²) >= 11 is 10.8. The highest BCUT2D eigenvalue weighted by molar-refractivity contribution is 9.10. The molecular weight excluding hydrogens is 240 g/mol. The van der Waals surface area contributed by atoms with Crippen molar-refractivity contribution >= 4 is 44.5 Å². The number of alkyl halides is 2. The molecule has 0 spiro atoms. The minimum atomic E-state index is 0.579. The van der Waals surface area contributed by atoms with Crippen LogP contribution in [0, 0.1) is 0 Å². The van der Waals surface area contributed by atoms with Gasteiger partial charge in [-0.3, -0.25) is 0 Å². The molecule has 0 aromatic carbocycles. The molecule has 0 aromatic rings. The molecule has 3 heteroatoms. The van der Waals surface area contributed by atoms with Crippen molar-refractivity contribution in [1.29, 1.82) is 0 Å². The smallest absolute Gasteiger partial charge is 0.0241 e. The molecule has 0 aromatic heterocycles. The van der Waals surface area contributed by atoms with E-state index in [-0.39, 0.29) is 0 Å². The maximum Gasteiger partial charge on any atom is 0.0241 e. The molecule has 0 amide bonds. The van der Waals surface area contributed by atoms with Crippen molar-refractivity contribution in [3.05, 3.63) is 0 Å². The third kappa shape index (κ3) is 5.18. The first-order valence-electron chi connectivity index (χ1n) is 2.12. The first kappa shape index (κ1) is 8.31. The van der Waals surface area contributed by atoms with Crippen LogP contribution in [0.3, 0.4) is 0 Å². The first-order valence-corrected chi connectivity index (χ1v) is 4.79. The van der Waals surface area contributed by atoms with Crippen LogP contribution in [-0.2, 0) is 0 Å². The van der Waals surface area contributed by atoms with Gasteiger partial charge in [-0.1, -0.05) is 31.9 Å². The summed E-state index contributed by atoms with van der Waals surface area (Å²) in [6, 6.07) is 0. The molecule has 0 N–H and O–H groups in total. The highest BCUT2D eigenvalue weighted by Crippen LogP contribution is 2.07. The lowest BCUT2D eigenvalue weighted by Gasteiger charge is -1.98. The summed E-state index contributed by atoms with van der Waals surface area (Å²) in [5.74, 6) is 0.922. The van der Waals surface area contributed by atoms with Crippen LogP contribution < -0.4 is 0 Å². The van der Waals surface area contributed by atoms with E-state index in [1.165, 1.54) is 0 Å². The van der Waals surface area contributed by atoms with Crippen LogP contribution in [0.2, 0.25) is 0 Å². The molecule has 44 valence electrons. The monoisotopic (exact) mass is 246 g/mol. The maximum atomic E-state index is 4.08. The van der Waals surface area contributed by atoms with E-state index >= 15 is 0 Å². The molecule has 0 fully saturated rings. The number of thiol groups is 1. The molecule has 0 heterocycles. The summed E-state index contributed by atoms with van der Waals surface area (Å²) in [6.45, 7) is 0. The molecule has 1 unspecified atom stereocenters. The molecule has 0 aliphatic rings. The lowest BCUT2D eigenvalue weighted by molar-refractivity contribution is 0.953. The summed E-state index contributed by atoms with van der Waals surface area (Å²) in [4.78, 5) is 0.579. The average Bonchev–Trinajstić information content (AvgIpc) is 1.68. The van der Waals surface area contributed by atoms with E-state index in [1.807, 2.05) is 0 Å². The van der Waals surface area contributed by atoms with Gasteiger partial charge in [-0.05, 0) is 6.42 Å². The van der Waals surface area contributed by atoms with Crippen LogP contribution in [-0.4, -0.2) is 15.9 Å². The molecule has 0 saturated heterocycles. The van der Waals surface area contributed by atoms with Crippen molar-refractivity contribution in [2.24, 2.45) is 0 Å². The molecule has 0 saturated carbocycles. The zero-order valence-corrected chi connectivity index (χ0v) is 7.97. The first-order chi connectivity index (χ1) is 3.31. The molecule has 1 atom stereocenters. The Morgan fingerprint density at radius 3 is 2.29 bits per heavy atom. The number of hydrogen-bond donors (Lipinski definition) is 1. The van der Waals surface area contributed by atoms with Gasteiger partial charge in [0.1, 0.15) is 0 Å². The minimum absolute atomic E-state index is 0.579. The Morgan fingerprint density at radius 1 is 1.57 bits per heavy atom. The third-order valence-electron chi connectivity index (χ3n) is 0.620. The van der Waals surface area contributed by atoms with Gasteiger partial charge in [0.05, 0.1) is 0 Å². The number of rotatable bonds is 3. The SMILES string of the molecule is SCC(Br)CCBr. The van der Waals surface area contributed by atoms with Crippen LogP contribution in [0.25, 0.3) is 0 Å². The van der Waals surface area contributed by atoms with Gasteiger partial charge in [0.25, 0.3) is 0 Å². The summed E-state index contributed by atoms with van der Waals surface area (Å²) < 4.78 is 0. The van der Waals surface area contributed by atoms with Crippen molar-refractivity contribution in [1.82, 2.24) is 0 Å². The van der Waals surface area contributed by atoms with E-state index in [1.54, 1.807) is 0 Å². The lowest BCUT2D eigenvalue weighted by atomic mass is 10.4. The fourth-order valence-corrected chi connectivity index (χ4v) is 1.79. The molecule has 0 bridgehead atoms. The van der Waals surface area contributed by atoms with Crippen LogP contribution in [0.4, 0.5) is 0 Å². The van der Waals surface area contributed by atoms with Crippen molar-refractivity contribution < 1.29 is 0 Å². The summed E-state index contributed by atoms with van der Waals surface area (Å²) in [5.41, 5.74) is 0. The third-order valence-corrected chi connectivity index (χ3v) is 2.80. The lowest BCUT2D eigenvalue weighted by Crippen LogP contribution is -1.98.